The van der Waals surface area contributed by atoms with Crippen molar-refractivity contribution in [3.63, 3.8) is 0 Å². The fourth-order valence-corrected chi connectivity index (χ4v) is 2.45. The largest absolute Gasteiger partial charge is 0.355 e. The van der Waals surface area contributed by atoms with Gasteiger partial charge in [0, 0.05) is 23.1 Å². The summed E-state index contributed by atoms with van der Waals surface area (Å²) in [5.41, 5.74) is 1.82. The molecule has 17 heavy (non-hydrogen) atoms. The van der Waals surface area contributed by atoms with Gasteiger partial charge in [0.1, 0.15) is 0 Å². The van der Waals surface area contributed by atoms with Crippen molar-refractivity contribution in [1.29, 1.82) is 0 Å². The summed E-state index contributed by atoms with van der Waals surface area (Å²) in [6.07, 6.45) is 0.277. The normalized spacial score (nSPS) is 18.9. The molecule has 0 aromatic heterocycles. The van der Waals surface area contributed by atoms with Crippen LogP contribution in [0.2, 0.25) is 0 Å². The molecule has 1 heterocycles. The summed E-state index contributed by atoms with van der Waals surface area (Å²) in [6.45, 7) is 2.39. The van der Waals surface area contributed by atoms with Gasteiger partial charge in [-0.15, -0.1) is 0 Å². The van der Waals surface area contributed by atoms with Gasteiger partial charge in [0.25, 0.3) is 0 Å². The minimum Gasteiger partial charge on any atom is -0.355 e. The van der Waals surface area contributed by atoms with Gasteiger partial charge < -0.3 is 10.6 Å². The summed E-state index contributed by atoms with van der Waals surface area (Å²) in [4.78, 5) is 22.9. The number of hydrogen-bond donors (Lipinski definition) is 2. The SMILES string of the molecule is Cc1cc(Br)cc(NC(=O)C2CNC(=O)C2)c1. The number of halogens is 1. The van der Waals surface area contributed by atoms with Gasteiger partial charge >= 0.3 is 0 Å². The van der Waals surface area contributed by atoms with Crippen molar-refractivity contribution in [2.75, 3.05) is 11.9 Å². The van der Waals surface area contributed by atoms with Crippen molar-refractivity contribution >= 4 is 33.4 Å². The van der Waals surface area contributed by atoms with Crippen molar-refractivity contribution in [2.24, 2.45) is 5.92 Å². The summed E-state index contributed by atoms with van der Waals surface area (Å²) in [5.74, 6) is -0.432. The second-order valence-corrected chi connectivity index (χ2v) is 5.13. The molecule has 1 unspecified atom stereocenters. The van der Waals surface area contributed by atoms with Crippen LogP contribution in [0.5, 0.6) is 0 Å². The van der Waals surface area contributed by atoms with E-state index in [-0.39, 0.29) is 24.2 Å². The highest BCUT2D eigenvalue weighted by atomic mass is 79.9. The predicted octanol–water partition coefficient (Wildman–Crippen LogP) is 1.83. The summed E-state index contributed by atoms with van der Waals surface area (Å²) in [5, 5.41) is 5.47. The Morgan fingerprint density at radius 3 is 2.82 bits per heavy atom. The standard InChI is InChI=1S/C12H13BrN2O2/c1-7-2-9(13)5-10(3-7)15-12(17)8-4-11(16)14-6-8/h2-3,5,8H,4,6H2,1H3,(H,14,16)(H,15,17). The fraction of sp³-hybridized carbons (Fsp3) is 0.333. The maximum absolute atomic E-state index is 11.9. The fourth-order valence-electron chi connectivity index (χ4n) is 1.84. The van der Waals surface area contributed by atoms with E-state index in [0.29, 0.717) is 6.54 Å². The molecule has 2 N–H and O–H groups in total. The number of benzene rings is 1. The van der Waals surface area contributed by atoms with Gasteiger partial charge in [-0.3, -0.25) is 9.59 Å². The summed E-state index contributed by atoms with van der Waals surface area (Å²) in [7, 11) is 0. The Bertz CT molecular complexity index is 453. The van der Waals surface area contributed by atoms with Crippen molar-refractivity contribution in [1.82, 2.24) is 5.32 Å². The Kier molecular flexibility index (Phi) is 3.47. The average molecular weight is 297 g/mol. The lowest BCUT2D eigenvalue weighted by atomic mass is 10.1. The van der Waals surface area contributed by atoms with Crippen LogP contribution >= 0.6 is 15.9 Å². The molecule has 1 fully saturated rings. The van der Waals surface area contributed by atoms with E-state index in [2.05, 4.69) is 26.6 Å². The third-order valence-electron chi connectivity index (χ3n) is 2.66. The van der Waals surface area contributed by atoms with Crippen molar-refractivity contribution in [3.8, 4) is 0 Å². The van der Waals surface area contributed by atoms with Crippen LogP contribution in [0.4, 0.5) is 5.69 Å². The molecule has 2 rings (SSSR count). The number of nitrogens with one attached hydrogen (secondary N) is 2. The molecule has 0 saturated carbocycles. The summed E-state index contributed by atoms with van der Waals surface area (Å²) in [6, 6.07) is 5.71. The van der Waals surface area contributed by atoms with Crippen LogP contribution in [-0.4, -0.2) is 18.4 Å². The minimum absolute atomic E-state index is 0.0597. The van der Waals surface area contributed by atoms with Gasteiger partial charge in [-0.25, -0.2) is 0 Å². The molecule has 1 aromatic rings. The van der Waals surface area contributed by atoms with Gasteiger partial charge in [-0.2, -0.15) is 0 Å². The Balaban J connectivity index is 2.05. The Morgan fingerprint density at radius 2 is 2.24 bits per heavy atom. The molecular weight excluding hydrogens is 284 g/mol. The van der Waals surface area contributed by atoms with E-state index >= 15 is 0 Å². The van der Waals surface area contributed by atoms with Gasteiger partial charge in [-0.05, 0) is 30.7 Å². The monoisotopic (exact) mass is 296 g/mol. The number of rotatable bonds is 2. The highest BCUT2D eigenvalue weighted by Crippen LogP contribution is 2.20. The maximum atomic E-state index is 11.9. The maximum Gasteiger partial charge on any atom is 0.229 e. The Morgan fingerprint density at radius 1 is 1.47 bits per heavy atom. The number of carbonyl (C=O) groups excluding carboxylic acids is 2. The highest BCUT2D eigenvalue weighted by Gasteiger charge is 2.27. The van der Waals surface area contributed by atoms with Crippen molar-refractivity contribution in [2.45, 2.75) is 13.3 Å². The topological polar surface area (TPSA) is 58.2 Å². The van der Waals surface area contributed by atoms with Gasteiger partial charge in [-0.1, -0.05) is 15.9 Å². The molecule has 2 amide bonds. The third-order valence-corrected chi connectivity index (χ3v) is 3.12. The average Bonchev–Trinajstić information content (AvgIpc) is 2.63. The van der Waals surface area contributed by atoms with E-state index < -0.39 is 0 Å². The lowest BCUT2D eigenvalue weighted by Gasteiger charge is -2.10. The van der Waals surface area contributed by atoms with E-state index in [1.807, 2.05) is 25.1 Å². The molecule has 1 atom stereocenters. The Hall–Kier alpha value is -1.36. The first-order valence-electron chi connectivity index (χ1n) is 5.39. The molecule has 4 nitrogen and oxygen atoms in total. The second kappa shape index (κ2) is 4.87. The van der Waals surface area contributed by atoms with Gasteiger partial charge in [0.05, 0.1) is 5.92 Å². The molecule has 1 aliphatic heterocycles. The first kappa shape index (κ1) is 12.1. The highest BCUT2D eigenvalue weighted by molar-refractivity contribution is 9.10. The molecule has 1 aliphatic rings. The van der Waals surface area contributed by atoms with Crippen LogP contribution in [0, 0.1) is 12.8 Å². The second-order valence-electron chi connectivity index (χ2n) is 4.21. The van der Waals surface area contributed by atoms with Gasteiger partial charge in [0.15, 0.2) is 0 Å². The minimum atomic E-state index is -0.262. The molecule has 1 aromatic carbocycles. The summed E-state index contributed by atoms with van der Waals surface area (Å²) < 4.78 is 0.924. The van der Waals surface area contributed by atoms with Crippen molar-refractivity contribution in [3.05, 3.63) is 28.2 Å². The van der Waals surface area contributed by atoms with Crippen molar-refractivity contribution < 1.29 is 9.59 Å². The van der Waals surface area contributed by atoms with Crippen LogP contribution in [0.15, 0.2) is 22.7 Å². The number of amides is 2. The van der Waals surface area contributed by atoms with Crippen LogP contribution in [0.3, 0.4) is 0 Å². The van der Waals surface area contributed by atoms with E-state index in [1.165, 1.54) is 0 Å². The first-order chi connectivity index (χ1) is 8.04. The lowest BCUT2D eigenvalue weighted by Crippen LogP contribution is -2.24. The smallest absolute Gasteiger partial charge is 0.229 e. The van der Waals surface area contributed by atoms with Crippen LogP contribution in [0.1, 0.15) is 12.0 Å². The van der Waals surface area contributed by atoms with E-state index in [9.17, 15) is 9.59 Å². The molecule has 90 valence electrons. The Labute approximate surface area is 108 Å². The summed E-state index contributed by atoms with van der Waals surface area (Å²) >= 11 is 3.38. The quantitative estimate of drug-likeness (QED) is 0.875. The number of anilines is 1. The molecule has 0 radical (unpaired) electrons. The zero-order chi connectivity index (χ0) is 12.4. The molecular formula is C12H13BrN2O2. The van der Waals surface area contributed by atoms with Crippen LogP contribution < -0.4 is 10.6 Å². The zero-order valence-electron chi connectivity index (χ0n) is 9.42. The first-order valence-corrected chi connectivity index (χ1v) is 6.18. The van der Waals surface area contributed by atoms with Crippen LogP contribution in [0.25, 0.3) is 0 Å². The van der Waals surface area contributed by atoms with E-state index in [1.54, 1.807) is 0 Å². The molecule has 0 spiro atoms. The molecule has 1 saturated heterocycles. The van der Waals surface area contributed by atoms with Crippen LogP contribution in [-0.2, 0) is 9.59 Å². The number of carbonyl (C=O) groups is 2. The zero-order valence-corrected chi connectivity index (χ0v) is 11.0. The third kappa shape index (κ3) is 3.06. The molecule has 5 heteroatoms. The number of aryl methyl sites for hydroxylation is 1. The predicted molar refractivity (Wildman–Crippen MR) is 68.6 cm³/mol. The molecule has 0 aliphatic carbocycles. The lowest BCUT2D eigenvalue weighted by molar-refractivity contribution is -0.123. The molecule has 0 bridgehead atoms. The number of hydrogen-bond acceptors (Lipinski definition) is 2. The van der Waals surface area contributed by atoms with Gasteiger partial charge in [0.2, 0.25) is 11.8 Å². The van der Waals surface area contributed by atoms with E-state index in [4.69, 9.17) is 0 Å². The van der Waals surface area contributed by atoms with E-state index in [0.717, 1.165) is 15.7 Å².